The number of Topliss-reactive ketones (excluding diaryl/α,β-unsaturated/α-hetero) is 1. The molecular formula is C25H18BrF6N3O6. The van der Waals surface area contributed by atoms with Crippen LogP contribution in [-0.4, -0.2) is 60.8 Å². The van der Waals surface area contributed by atoms with E-state index in [-0.39, 0.29) is 11.5 Å². The number of halogens is 7. The van der Waals surface area contributed by atoms with Gasteiger partial charge in [-0.2, -0.15) is 26.3 Å². The molecule has 41 heavy (non-hydrogen) atoms. The number of likely N-dealkylation sites (N-methyl/N-ethyl adjacent to an activating group) is 1. The number of hydrogen-bond acceptors (Lipinski definition) is 7. The number of alkyl halides is 6. The largest absolute Gasteiger partial charge is 0.542 e. The number of carbonyl (C=O) groups is 3. The number of pyridine rings is 2. The number of ketones is 1. The maximum Gasteiger partial charge on any atom is 0.430 e. The van der Waals surface area contributed by atoms with Crippen molar-refractivity contribution in [3.8, 4) is 5.75 Å². The van der Waals surface area contributed by atoms with Gasteiger partial charge in [-0.1, -0.05) is 15.9 Å². The molecule has 3 heterocycles. The molecule has 0 saturated carbocycles. The molecule has 2 aromatic carbocycles. The molecule has 0 amide bonds. The van der Waals surface area contributed by atoms with Crippen LogP contribution in [0.1, 0.15) is 10.4 Å². The zero-order valence-electron chi connectivity index (χ0n) is 21.1. The number of carboxylic acid groups (broad SMARTS) is 2. The van der Waals surface area contributed by atoms with Crippen LogP contribution in [0.4, 0.5) is 32.0 Å². The van der Waals surface area contributed by atoms with Crippen LogP contribution in [0, 0.1) is 0 Å². The van der Waals surface area contributed by atoms with Crippen molar-refractivity contribution in [2.24, 2.45) is 7.05 Å². The molecular weight excluding hydrogens is 632 g/mol. The van der Waals surface area contributed by atoms with Crippen LogP contribution in [0.25, 0.3) is 32.6 Å². The molecule has 0 bridgehead atoms. The Bertz CT molecular complexity index is 1710. The number of fused-ring (bicyclic) bond motifs is 4. The molecule has 0 radical (unpaired) electrons. The Morgan fingerprint density at radius 3 is 2.05 bits per heavy atom. The van der Waals surface area contributed by atoms with E-state index in [0.717, 1.165) is 42.7 Å². The van der Waals surface area contributed by atoms with Crippen LogP contribution in [-0.2, 0) is 16.6 Å². The van der Waals surface area contributed by atoms with E-state index in [1.54, 1.807) is 0 Å². The summed E-state index contributed by atoms with van der Waals surface area (Å²) in [6, 6.07) is 7.76. The predicted octanol–water partition coefficient (Wildman–Crippen LogP) is 2.19. The van der Waals surface area contributed by atoms with E-state index in [4.69, 9.17) is 24.8 Å². The number of aromatic hydroxyl groups is 1. The minimum Gasteiger partial charge on any atom is -0.542 e. The maximum atomic E-state index is 13.2. The van der Waals surface area contributed by atoms with Crippen molar-refractivity contribution in [2.75, 3.05) is 20.6 Å². The summed E-state index contributed by atoms with van der Waals surface area (Å²) in [5.74, 6) is -5.72. The Hall–Kier alpha value is -4.05. The molecule has 0 spiro atoms. The van der Waals surface area contributed by atoms with Crippen LogP contribution in [0.15, 0.2) is 41.1 Å². The van der Waals surface area contributed by atoms with Gasteiger partial charge in [-0.15, -0.1) is 0 Å². The Labute approximate surface area is 234 Å². The second kappa shape index (κ2) is 10.7. The van der Waals surface area contributed by atoms with Gasteiger partial charge < -0.3 is 24.9 Å². The molecule has 1 N–H and O–H groups in total. The van der Waals surface area contributed by atoms with Gasteiger partial charge in [0.05, 0.1) is 35.9 Å². The van der Waals surface area contributed by atoms with Gasteiger partial charge >= 0.3 is 12.4 Å². The first-order valence-electron chi connectivity index (χ1n) is 11.2. The number of hydrogen-bond donors (Lipinski definition) is 1. The molecule has 0 unspecified atom stereocenters. The summed E-state index contributed by atoms with van der Waals surface area (Å²) in [6.07, 6.45) is -6.55. The van der Waals surface area contributed by atoms with Crippen molar-refractivity contribution in [1.82, 2.24) is 9.47 Å². The first-order chi connectivity index (χ1) is 18.7. The quantitative estimate of drug-likeness (QED) is 0.101. The SMILES string of the molecule is C[n+]1ccc2c(c1)c(O)c1c3c(c4cc(Br)ccc4nc32)C(=O)C[N+]1(C)C.O=C([O-])C(F)(F)F.O=C([O-])C(F)(F)F. The third-order valence-electron chi connectivity index (χ3n) is 5.90. The highest BCUT2D eigenvalue weighted by Gasteiger charge is 2.40. The molecule has 16 heteroatoms. The number of nitrogens with zero attached hydrogens (tertiary/aromatic N) is 3. The fourth-order valence-electron chi connectivity index (χ4n) is 4.30. The van der Waals surface area contributed by atoms with Crippen molar-refractivity contribution in [2.45, 2.75) is 12.4 Å². The molecule has 0 saturated heterocycles. The van der Waals surface area contributed by atoms with Gasteiger partial charge in [0, 0.05) is 26.9 Å². The fourth-order valence-corrected chi connectivity index (χ4v) is 4.66. The number of carboxylic acids is 2. The predicted molar refractivity (Wildman–Crippen MR) is 132 cm³/mol. The lowest BCUT2D eigenvalue weighted by Crippen LogP contribution is -2.47. The van der Waals surface area contributed by atoms with Gasteiger partial charge in [-0.3, -0.25) is 9.28 Å². The monoisotopic (exact) mass is 649 g/mol. The molecule has 0 fully saturated rings. The smallest absolute Gasteiger partial charge is 0.430 e. The first kappa shape index (κ1) is 31.5. The summed E-state index contributed by atoms with van der Waals surface area (Å²) in [4.78, 5) is 35.7. The minimum absolute atomic E-state index is 0.0724. The second-order valence-corrected chi connectivity index (χ2v) is 10.3. The summed E-state index contributed by atoms with van der Waals surface area (Å²) in [5, 5.41) is 32.0. The number of aryl methyl sites for hydroxylation is 1. The average Bonchev–Trinajstić information content (AvgIpc) is 2.81. The number of benzene rings is 2. The minimum atomic E-state index is -5.19. The maximum absolute atomic E-state index is 13.2. The summed E-state index contributed by atoms with van der Waals surface area (Å²) in [6.45, 7) is 0.297. The van der Waals surface area contributed by atoms with Crippen molar-refractivity contribution < 1.29 is 60.6 Å². The van der Waals surface area contributed by atoms with E-state index in [1.807, 2.05) is 62.4 Å². The number of quaternary nitrogens is 1. The summed E-state index contributed by atoms with van der Waals surface area (Å²) < 4.78 is 66.2. The van der Waals surface area contributed by atoms with Crippen molar-refractivity contribution >= 4 is 71.9 Å². The van der Waals surface area contributed by atoms with Gasteiger partial charge in [-0.05, 0) is 18.2 Å². The van der Waals surface area contributed by atoms with Gasteiger partial charge in [0.15, 0.2) is 23.8 Å². The molecule has 1 aliphatic heterocycles. The van der Waals surface area contributed by atoms with Gasteiger partial charge in [0.2, 0.25) is 5.78 Å². The van der Waals surface area contributed by atoms with Gasteiger partial charge in [0.25, 0.3) is 0 Å². The summed E-state index contributed by atoms with van der Waals surface area (Å²) in [7, 11) is 5.83. The lowest BCUT2D eigenvalue weighted by atomic mass is 9.90. The van der Waals surface area contributed by atoms with Crippen molar-refractivity contribution in [3.63, 3.8) is 0 Å². The van der Waals surface area contributed by atoms with E-state index in [1.165, 1.54) is 0 Å². The van der Waals surface area contributed by atoms with Crippen LogP contribution in [0.3, 0.4) is 0 Å². The van der Waals surface area contributed by atoms with Crippen LogP contribution >= 0.6 is 15.9 Å². The Morgan fingerprint density at radius 2 is 1.54 bits per heavy atom. The lowest BCUT2D eigenvalue weighted by Gasteiger charge is -2.34. The zero-order chi connectivity index (χ0) is 31.2. The van der Waals surface area contributed by atoms with E-state index in [0.29, 0.717) is 16.6 Å². The topological polar surface area (TPSA) is 134 Å². The number of aromatic nitrogens is 2. The highest BCUT2D eigenvalue weighted by Crippen LogP contribution is 2.49. The van der Waals surface area contributed by atoms with E-state index >= 15 is 0 Å². The van der Waals surface area contributed by atoms with E-state index < -0.39 is 24.3 Å². The van der Waals surface area contributed by atoms with Crippen LogP contribution in [0.5, 0.6) is 5.75 Å². The first-order valence-corrected chi connectivity index (χ1v) is 12.0. The molecule has 0 aliphatic carbocycles. The molecule has 5 rings (SSSR count). The van der Waals surface area contributed by atoms with Crippen LogP contribution in [0.2, 0.25) is 0 Å². The normalized spacial score (nSPS) is 14.2. The summed E-state index contributed by atoms with van der Waals surface area (Å²) in [5.41, 5.74) is 2.97. The van der Waals surface area contributed by atoms with E-state index in [9.17, 15) is 36.2 Å². The Morgan fingerprint density at radius 1 is 1.00 bits per heavy atom. The molecule has 0 atom stereocenters. The Balaban J connectivity index is 0.000000276. The zero-order valence-corrected chi connectivity index (χ0v) is 22.7. The average molecular weight is 650 g/mol. The fraction of sp³-hybridized carbons (Fsp3) is 0.240. The number of aliphatic carboxylic acids is 2. The summed E-state index contributed by atoms with van der Waals surface area (Å²) >= 11 is 3.51. The number of rotatable bonds is 0. The highest BCUT2D eigenvalue weighted by molar-refractivity contribution is 9.10. The van der Waals surface area contributed by atoms with Crippen LogP contribution < -0.4 is 19.3 Å². The number of carbonyl (C=O) groups excluding carboxylic acids is 3. The third kappa shape index (κ3) is 6.32. The molecule has 1 aliphatic rings. The number of phenols is 1. The molecule has 2 aromatic heterocycles. The Kier molecular flexibility index (Phi) is 8.24. The number of phenolic OH excluding ortho intramolecular Hbond substituents is 1. The third-order valence-corrected chi connectivity index (χ3v) is 6.40. The lowest BCUT2D eigenvalue weighted by molar-refractivity contribution is -0.670. The molecule has 218 valence electrons. The standard InChI is InChI=1S/C21H17BrN3O2.2C2HF3O2/c1-24-7-6-12-14(9-24)21(27)20-18-17(16(26)10-25(20,2)3)13-8-11(22)4-5-15(13)23-19(12)18;2*3-2(4,5)1(6)7/h4-9H,10H2,1-3H3;2*(H,6,7)/q+1;;/p-1. The van der Waals surface area contributed by atoms with E-state index in [2.05, 4.69) is 15.9 Å². The van der Waals surface area contributed by atoms with Gasteiger partial charge in [0.1, 0.15) is 25.5 Å². The van der Waals surface area contributed by atoms with Crippen molar-refractivity contribution in [3.05, 3.63) is 46.7 Å². The highest BCUT2D eigenvalue weighted by atomic mass is 79.9. The second-order valence-electron chi connectivity index (χ2n) is 9.34. The van der Waals surface area contributed by atoms with Gasteiger partial charge in [-0.25, -0.2) is 9.55 Å². The molecule has 9 nitrogen and oxygen atoms in total. The molecule has 4 aromatic rings. The van der Waals surface area contributed by atoms with Crippen molar-refractivity contribution in [1.29, 1.82) is 0 Å².